The smallest absolute Gasteiger partial charge is 0.340 e. The summed E-state index contributed by atoms with van der Waals surface area (Å²) in [5, 5.41) is 9.60. The number of aliphatic hydroxyl groups excluding tert-OH is 1. The van der Waals surface area contributed by atoms with Gasteiger partial charge in [0.15, 0.2) is 0 Å². The second kappa shape index (κ2) is 4.40. The van der Waals surface area contributed by atoms with E-state index in [1.165, 1.54) is 18.2 Å². The second-order valence-corrected chi connectivity index (χ2v) is 3.82. The van der Waals surface area contributed by atoms with Crippen molar-refractivity contribution in [1.82, 2.24) is 5.06 Å². The molecule has 0 saturated carbocycles. The van der Waals surface area contributed by atoms with E-state index in [4.69, 9.17) is 9.94 Å². The molecule has 1 N–H and O–H groups in total. The predicted molar refractivity (Wildman–Crippen MR) is 55.1 cm³/mol. The summed E-state index contributed by atoms with van der Waals surface area (Å²) in [6, 6.07) is 0. The van der Waals surface area contributed by atoms with Crippen molar-refractivity contribution in [2.24, 2.45) is 5.92 Å². The number of allylic oxidation sites excluding steroid dienone is 2. The zero-order valence-corrected chi connectivity index (χ0v) is 8.96. The molecule has 0 bridgehead atoms. The van der Waals surface area contributed by atoms with Crippen LogP contribution in [0.25, 0.3) is 0 Å². The van der Waals surface area contributed by atoms with Crippen LogP contribution in [0.4, 0.5) is 0 Å². The van der Waals surface area contributed by atoms with Crippen LogP contribution in [-0.2, 0) is 19.2 Å². The first-order valence-corrected chi connectivity index (χ1v) is 5.23. The molecule has 1 aliphatic heterocycles. The molecule has 0 radical (unpaired) electrons. The molecule has 2 amide bonds. The van der Waals surface area contributed by atoms with Gasteiger partial charge in [0.05, 0.1) is 5.92 Å². The minimum atomic E-state index is -0.673. The van der Waals surface area contributed by atoms with Gasteiger partial charge in [0.2, 0.25) is 0 Å². The molecular formula is C11H11NO5. The number of hydrogen-bond donors (Lipinski definition) is 1. The largest absolute Gasteiger partial charge is 0.508 e. The molecule has 0 spiro atoms. The van der Waals surface area contributed by atoms with Gasteiger partial charge in [-0.25, -0.2) is 4.79 Å². The highest BCUT2D eigenvalue weighted by Gasteiger charge is 2.34. The lowest BCUT2D eigenvalue weighted by Gasteiger charge is -2.17. The number of hydroxylamine groups is 2. The molecule has 1 heterocycles. The van der Waals surface area contributed by atoms with Crippen molar-refractivity contribution in [3.05, 3.63) is 24.0 Å². The molecule has 0 aromatic rings. The fraction of sp³-hybridized carbons (Fsp3) is 0.364. The Morgan fingerprint density at radius 3 is 2.53 bits per heavy atom. The Bertz CT molecular complexity index is 421. The molecule has 0 aromatic heterocycles. The summed E-state index contributed by atoms with van der Waals surface area (Å²) >= 11 is 0. The Morgan fingerprint density at radius 1 is 1.35 bits per heavy atom. The Labute approximate surface area is 97.1 Å². The number of imide groups is 1. The zero-order valence-electron chi connectivity index (χ0n) is 8.96. The maximum Gasteiger partial charge on any atom is 0.340 e. The maximum absolute atomic E-state index is 11.6. The summed E-state index contributed by atoms with van der Waals surface area (Å²) in [5.74, 6) is -2.16. The average Bonchev–Trinajstić information content (AvgIpc) is 2.61. The number of rotatable bonds is 2. The van der Waals surface area contributed by atoms with Crippen LogP contribution in [0.1, 0.15) is 19.3 Å². The van der Waals surface area contributed by atoms with Crippen LogP contribution in [-0.4, -0.2) is 28.0 Å². The first kappa shape index (κ1) is 11.4. The Hall–Kier alpha value is -2.11. The molecule has 1 atom stereocenters. The molecular weight excluding hydrogens is 226 g/mol. The van der Waals surface area contributed by atoms with E-state index in [1.807, 2.05) is 0 Å². The number of carbonyl (C=O) groups excluding carboxylic acids is 3. The first-order chi connectivity index (χ1) is 8.08. The molecule has 1 fully saturated rings. The third-order valence-electron chi connectivity index (χ3n) is 2.57. The van der Waals surface area contributed by atoms with E-state index in [1.54, 1.807) is 0 Å². The SMILES string of the molecule is O=C(ON1C(=O)CCC1=O)C1C=CC(O)=CC1. The molecule has 17 heavy (non-hydrogen) atoms. The van der Waals surface area contributed by atoms with Gasteiger partial charge in [-0.1, -0.05) is 6.08 Å². The van der Waals surface area contributed by atoms with Gasteiger partial charge in [-0.3, -0.25) is 9.59 Å². The van der Waals surface area contributed by atoms with Crippen molar-refractivity contribution in [2.75, 3.05) is 0 Å². The Balaban J connectivity index is 1.96. The summed E-state index contributed by atoms with van der Waals surface area (Å²) in [5.41, 5.74) is 0. The molecule has 1 unspecified atom stereocenters. The number of hydrogen-bond acceptors (Lipinski definition) is 5. The summed E-state index contributed by atoms with van der Waals surface area (Å²) in [7, 11) is 0. The van der Waals surface area contributed by atoms with Crippen LogP contribution in [0.15, 0.2) is 24.0 Å². The summed E-state index contributed by atoms with van der Waals surface area (Å²) < 4.78 is 0. The van der Waals surface area contributed by atoms with E-state index < -0.39 is 23.7 Å². The van der Waals surface area contributed by atoms with Crippen LogP contribution in [0, 0.1) is 5.92 Å². The molecule has 0 aromatic carbocycles. The molecule has 1 aliphatic carbocycles. The van der Waals surface area contributed by atoms with E-state index >= 15 is 0 Å². The standard InChI is InChI=1S/C11H11NO5/c13-8-3-1-7(2-4-8)11(16)17-12-9(14)5-6-10(12)15/h1,3-4,7,13H,2,5-6H2. The maximum atomic E-state index is 11.6. The fourth-order valence-electron chi connectivity index (χ4n) is 1.60. The minimum Gasteiger partial charge on any atom is -0.508 e. The van der Waals surface area contributed by atoms with Crippen molar-refractivity contribution in [2.45, 2.75) is 19.3 Å². The highest BCUT2D eigenvalue weighted by atomic mass is 16.7. The second-order valence-electron chi connectivity index (χ2n) is 3.82. The van der Waals surface area contributed by atoms with E-state index in [2.05, 4.69) is 0 Å². The topological polar surface area (TPSA) is 83.9 Å². The van der Waals surface area contributed by atoms with Crippen molar-refractivity contribution in [3.63, 3.8) is 0 Å². The van der Waals surface area contributed by atoms with E-state index in [0.29, 0.717) is 5.06 Å². The number of aliphatic hydroxyl groups is 1. The van der Waals surface area contributed by atoms with Crippen LogP contribution in [0.5, 0.6) is 0 Å². The van der Waals surface area contributed by atoms with Crippen LogP contribution < -0.4 is 0 Å². The Kier molecular flexibility index (Phi) is 2.95. The third kappa shape index (κ3) is 2.35. The highest BCUT2D eigenvalue weighted by molar-refractivity contribution is 6.01. The lowest BCUT2D eigenvalue weighted by atomic mass is 10.0. The predicted octanol–water partition coefficient (Wildman–Crippen LogP) is 0.612. The summed E-state index contributed by atoms with van der Waals surface area (Å²) in [6.45, 7) is 0. The molecule has 90 valence electrons. The van der Waals surface area contributed by atoms with Crippen molar-refractivity contribution in [3.8, 4) is 0 Å². The lowest BCUT2D eigenvalue weighted by molar-refractivity contribution is -0.199. The third-order valence-corrected chi connectivity index (χ3v) is 2.57. The highest BCUT2D eigenvalue weighted by Crippen LogP contribution is 2.19. The number of nitrogens with zero attached hydrogens (tertiary/aromatic N) is 1. The fourth-order valence-corrected chi connectivity index (χ4v) is 1.60. The number of carbonyl (C=O) groups is 3. The van der Waals surface area contributed by atoms with Gasteiger partial charge in [-0.2, -0.15) is 0 Å². The molecule has 2 aliphatic rings. The summed E-state index contributed by atoms with van der Waals surface area (Å²) in [4.78, 5) is 38.8. The van der Waals surface area contributed by atoms with Crippen LogP contribution in [0.3, 0.4) is 0 Å². The van der Waals surface area contributed by atoms with Gasteiger partial charge in [-0.05, 0) is 18.6 Å². The van der Waals surface area contributed by atoms with E-state index in [-0.39, 0.29) is 25.0 Å². The van der Waals surface area contributed by atoms with Crippen LogP contribution in [0.2, 0.25) is 0 Å². The van der Waals surface area contributed by atoms with Gasteiger partial charge in [0, 0.05) is 12.8 Å². The normalized spacial score (nSPS) is 23.9. The zero-order chi connectivity index (χ0) is 12.4. The Morgan fingerprint density at radius 2 is 2.00 bits per heavy atom. The molecule has 2 rings (SSSR count). The van der Waals surface area contributed by atoms with Gasteiger partial charge in [0.25, 0.3) is 11.8 Å². The quantitative estimate of drug-likeness (QED) is 0.711. The first-order valence-electron chi connectivity index (χ1n) is 5.23. The van der Waals surface area contributed by atoms with E-state index in [0.717, 1.165) is 0 Å². The average molecular weight is 237 g/mol. The molecule has 6 heteroatoms. The van der Waals surface area contributed by atoms with Crippen LogP contribution >= 0.6 is 0 Å². The van der Waals surface area contributed by atoms with Crippen molar-refractivity contribution >= 4 is 17.8 Å². The van der Waals surface area contributed by atoms with Crippen molar-refractivity contribution in [1.29, 1.82) is 0 Å². The van der Waals surface area contributed by atoms with Gasteiger partial charge in [0.1, 0.15) is 5.76 Å². The van der Waals surface area contributed by atoms with Crippen molar-refractivity contribution < 1.29 is 24.3 Å². The number of amides is 2. The van der Waals surface area contributed by atoms with Gasteiger partial charge < -0.3 is 9.94 Å². The molecule has 1 saturated heterocycles. The lowest BCUT2D eigenvalue weighted by Crippen LogP contribution is -2.34. The van der Waals surface area contributed by atoms with Gasteiger partial charge >= 0.3 is 5.97 Å². The van der Waals surface area contributed by atoms with E-state index in [9.17, 15) is 14.4 Å². The minimum absolute atomic E-state index is 0.0767. The van der Waals surface area contributed by atoms with Gasteiger partial charge in [-0.15, -0.1) is 5.06 Å². The summed E-state index contributed by atoms with van der Waals surface area (Å²) in [6.07, 6.45) is 4.77. The molecule has 6 nitrogen and oxygen atoms in total. The monoisotopic (exact) mass is 237 g/mol.